The quantitative estimate of drug-likeness (QED) is 0.316. The highest BCUT2D eigenvalue weighted by atomic mass is 15.3. The van der Waals surface area contributed by atoms with Gasteiger partial charge >= 0.3 is 5.66 Å². The second-order valence-electron chi connectivity index (χ2n) is 8.76. The van der Waals surface area contributed by atoms with Crippen molar-refractivity contribution in [1.29, 1.82) is 0 Å². The summed E-state index contributed by atoms with van der Waals surface area (Å²) in [5.41, 5.74) is 11.1. The van der Waals surface area contributed by atoms with Gasteiger partial charge in [0.15, 0.2) is 12.4 Å². The highest BCUT2D eigenvalue weighted by Gasteiger charge is 2.66. The summed E-state index contributed by atoms with van der Waals surface area (Å²) in [6.45, 7) is 2.18. The molecule has 4 heterocycles. The fourth-order valence-electron chi connectivity index (χ4n) is 5.70. The number of hydrogen-bond donors (Lipinski definition) is 0. The van der Waals surface area contributed by atoms with Crippen molar-refractivity contribution in [1.82, 2.24) is 0 Å². The molecule has 0 fully saturated rings. The Morgan fingerprint density at radius 2 is 1.22 bits per heavy atom. The van der Waals surface area contributed by atoms with Crippen LogP contribution in [0.2, 0.25) is 0 Å². The number of nitrogens with zero attached hydrogens (tertiary/aromatic N) is 2. The highest BCUT2D eigenvalue weighted by Crippen LogP contribution is 2.47. The molecule has 2 aromatic heterocycles. The number of aromatic nitrogens is 2. The Hall–Kier alpha value is -4.04. The molecule has 150 valence electrons. The zero-order valence-corrected chi connectivity index (χ0v) is 17.9. The predicted molar refractivity (Wildman–Crippen MR) is 126 cm³/mol. The van der Waals surface area contributed by atoms with Crippen molar-refractivity contribution in [2.45, 2.75) is 12.6 Å². The summed E-state index contributed by atoms with van der Waals surface area (Å²) < 4.78 is 4.95. The minimum absolute atomic E-state index is 0.418. The van der Waals surface area contributed by atoms with Crippen LogP contribution in [0.5, 0.6) is 0 Å². The van der Waals surface area contributed by atoms with Gasteiger partial charge in [-0.05, 0) is 48.4 Å². The van der Waals surface area contributed by atoms with Gasteiger partial charge in [-0.1, -0.05) is 54.6 Å². The Balaban J connectivity index is 1.62. The maximum atomic E-state index is 2.48. The third kappa shape index (κ3) is 2.09. The van der Waals surface area contributed by atoms with Crippen LogP contribution in [0.4, 0.5) is 0 Å². The lowest BCUT2D eigenvalue weighted by molar-refractivity contribution is -0.955. The third-order valence-corrected chi connectivity index (χ3v) is 7.01. The zero-order valence-electron chi connectivity index (χ0n) is 17.9. The number of aryl methyl sites for hydroxylation is 1. The Morgan fingerprint density at radius 1 is 0.562 bits per heavy atom. The van der Waals surface area contributed by atoms with Crippen molar-refractivity contribution in [2.75, 3.05) is 0 Å². The molecule has 2 aliphatic heterocycles. The molecule has 0 amide bonds. The van der Waals surface area contributed by atoms with Crippen LogP contribution in [0.15, 0.2) is 116 Å². The van der Waals surface area contributed by atoms with Gasteiger partial charge in [-0.3, -0.25) is 0 Å². The molecule has 1 unspecified atom stereocenters. The van der Waals surface area contributed by atoms with Gasteiger partial charge in [0.2, 0.25) is 11.4 Å². The SMILES string of the molecule is Cc1ccc2[n+](c1)C1(c3ccccc3-c3cc(-c4ccccc4)cc[n+]31)c1ccccc1-2. The van der Waals surface area contributed by atoms with Crippen molar-refractivity contribution in [3.8, 4) is 33.6 Å². The lowest BCUT2D eigenvalue weighted by atomic mass is 9.90. The minimum Gasteiger partial charge on any atom is -0.125 e. The van der Waals surface area contributed by atoms with Crippen molar-refractivity contribution in [3.63, 3.8) is 0 Å². The smallest absolute Gasteiger partial charge is 0.125 e. The molecular weight excluding hydrogens is 388 g/mol. The van der Waals surface area contributed by atoms with Gasteiger partial charge in [0.1, 0.15) is 11.1 Å². The van der Waals surface area contributed by atoms with E-state index in [1.807, 2.05) is 0 Å². The predicted octanol–water partition coefficient (Wildman–Crippen LogP) is 5.50. The van der Waals surface area contributed by atoms with E-state index in [1.54, 1.807) is 0 Å². The van der Waals surface area contributed by atoms with E-state index in [9.17, 15) is 0 Å². The number of rotatable bonds is 1. The van der Waals surface area contributed by atoms with Crippen molar-refractivity contribution in [3.05, 3.63) is 132 Å². The second kappa shape index (κ2) is 6.24. The summed E-state index contributed by atoms with van der Waals surface area (Å²) in [6, 6.07) is 37.5. The molecule has 2 nitrogen and oxygen atoms in total. The molecule has 0 radical (unpaired) electrons. The Kier molecular flexibility index (Phi) is 3.44. The lowest BCUT2D eigenvalue weighted by Gasteiger charge is -2.17. The second-order valence-corrected chi connectivity index (χ2v) is 8.76. The molecule has 1 spiro atoms. The maximum Gasteiger partial charge on any atom is 0.417 e. The van der Waals surface area contributed by atoms with Crippen LogP contribution in [0.3, 0.4) is 0 Å². The van der Waals surface area contributed by atoms with Crippen molar-refractivity contribution >= 4 is 0 Å². The first-order valence-electron chi connectivity index (χ1n) is 11.1. The van der Waals surface area contributed by atoms with E-state index >= 15 is 0 Å². The summed E-state index contributed by atoms with van der Waals surface area (Å²) >= 11 is 0. The highest BCUT2D eigenvalue weighted by molar-refractivity contribution is 5.76. The Morgan fingerprint density at radius 3 is 1.97 bits per heavy atom. The third-order valence-electron chi connectivity index (χ3n) is 7.01. The van der Waals surface area contributed by atoms with Gasteiger partial charge in [-0.25, -0.2) is 0 Å². The normalized spacial score (nSPS) is 17.0. The van der Waals surface area contributed by atoms with Crippen LogP contribution in [0, 0.1) is 6.92 Å². The number of hydrogen-bond acceptors (Lipinski definition) is 0. The molecule has 0 N–H and O–H groups in total. The molecule has 2 heteroatoms. The van der Waals surface area contributed by atoms with Gasteiger partial charge in [-0.15, -0.1) is 9.13 Å². The van der Waals surface area contributed by atoms with Gasteiger partial charge in [0.05, 0.1) is 11.1 Å². The maximum absolute atomic E-state index is 2.48. The Bertz CT molecular complexity index is 1530. The summed E-state index contributed by atoms with van der Waals surface area (Å²) in [6.07, 6.45) is 4.58. The van der Waals surface area contributed by atoms with Gasteiger partial charge in [0, 0.05) is 23.8 Å². The summed E-state index contributed by atoms with van der Waals surface area (Å²) in [5.74, 6) is 0. The first-order valence-corrected chi connectivity index (χ1v) is 11.1. The molecule has 7 rings (SSSR count). The molecular formula is C30H22N2+2. The number of pyridine rings is 2. The first kappa shape index (κ1) is 17.6. The number of fused-ring (bicyclic) bond motifs is 10. The van der Waals surface area contributed by atoms with Gasteiger partial charge in [0.25, 0.3) is 0 Å². The molecule has 5 aromatic rings. The molecule has 1 atom stereocenters. The standard InChI is InChI=1S/C30H22N2/c1-21-15-16-28-24-11-5-7-13-26(24)30(32(28)20-21)27-14-8-6-12-25(27)29-19-23(17-18-31(29)30)22-9-3-2-4-10-22/h2-20H,1H3/q+2. The van der Waals surface area contributed by atoms with Crippen molar-refractivity contribution < 1.29 is 9.13 Å². The van der Waals surface area contributed by atoms with Gasteiger partial charge in [-0.2, -0.15) is 0 Å². The first-order chi connectivity index (χ1) is 15.8. The van der Waals surface area contributed by atoms with Crippen LogP contribution in [-0.4, -0.2) is 0 Å². The fourth-order valence-corrected chi connectivity index (χ4v) is 5.70. The number of benzene rings is 3. The molecule has 32 heavy (non-hydrogen) atoms. The van der Waals surface area contributed by atoms with Crippen LogP contribution < -0.4 is 9.13 Å². The van der Waals surface area contributed by atoms with E-state index in [1.165, 1.54) is 50.3 Å². The van der Waals surface area contributed by atoms with E-state index < -0.39 is 5.66 Å². The van der Waals surface area contributed by atoms with E-state index in [4.69, 9.17) is 0 Å². The minimum atomic E-state index is -0.418. The van der Waals surface area contributed by atoms with E-state index in [0.29, 0.717) is 0 Å². The molecule has 0 aliphatic carbocycles. The summed E-state index contributed by atoms with van der Waals surface area (Å²) in [4.78, 5) is 0. The van der Waals surface area contributed by atoms with Crippen LogP contribution in [0.25, 0.3) is 33.6 Å². The zero-order chi connectivity index (χ0) is 21.3. The van der Waals surface area contributed by atoms with Crippen LogP contribution >= 0.6 is 0 Å². The average Bonchev–Trinajstić information content (AvgIpc) is 3.31. The molecule has 0 saturated carbocycles. The lowest BCUT2D eigenvalue weighted by Crippen LogP contribution is -2.71. The van der Waals surface area contributed by atoms with Crippen LogP contribution in [-0.2, 0) is 5.66 Å². The summed E-state index contributed by atoms with van der Waals surface area (Å²) in [7, 11) is 0. The molecule has 0 bridgehead atoms. The monoisotopic (exact) mass is 410 g/mol. The molecule has 0 saturated heterocycles. The molecule has 3 aromatic carbocycles. The molecule has 2 aliphatic rings. The Labute approximate surface area is 187 Å². The van der Waals surface area contributed by atoms with Crippen LogP contribution in [0.1, 0.15) is 16.7 Å². The fraction of sp³-hybridized carbons (Fsp3) is 0.0667. The van der Waals surface area contributed by atoms with Gasteiger partial charge < -0.3 is 0 Å². The average molecular weight is 411 g/mol. The summed E-state index contributed by atoms with van der Waals surface area (Å²) in [5, 5.41) is 0. The topological polar surface area (TPSA) is 7.76 Å². The largest absolute Gasteiger partial charge is 0.417 e. The van der Waals surface area contributed by atoms with E-state index in [0.717, 1.165) is 0 Å². The van der Waals surface area contributed by atoms with E-state index in [2.05, 4.69) is 132 Å². The van der Waals surface area contributed by atoms with E-state index in [-0.39, 0.29) is 0 Å². The van der Waals surface area contributed by atoms with Crippen molar-refractivity contribution in [2.24, 2.45) is 0 Å².